The number of halogens is 3. The fourth-order valence-electron chi connectivity index (χ4n) is 6.05. The Morgan fingerprint density at radius 1 is 1.09 bits per heavy atom. The molecule has 2 aromatic carbocycles. The molecule has 2 heterocycles. The molecule has 0 bridgehead atoms. The fraction of sp³-hybridized carbons (Fsp3) is 0.500. The summed E-state index contributed by atoms with van der Waals surface area (Å²) in [6.45, 7) is 7.94. The van der Waals surface area contributed by atoms with Gasteiger partial charge in [-0.05, 0) is 45.2 Å². The zero-order chi connectivity index (χ0) is 33.5. The number of alkyl halides is 3. The van der Waals surface area contributed by atoms with Crippen LogP contribution >= 0.6 is 0 Å². The Morgan fingerprint density at radius 2 is 1.78 bits per heavy atom. The molecule has 1 atom stereocenters. The van der Waals surface area contributed by atoms with Gasteiger partial charge in [0.2, 0.25) is 0 Å². The lowest BCUT2D eigenvalue weighted by atomic mass is 9.91. The number of amides is 1. The minimum Gasteiger partial charge on any atom is -0.496 e. The summed E-state index contributed by atoms with van der Waals surface area (Å²) < 4.78 is 63.3. The first kappa shape index (κ1) is 35.1. The summed E-state index contributed by atoms with van der Waals surface area (Å²) in [5, 5.41) is 0. The largest absolute Gasteiger partial charge is 0.510 e. The predicted octanol–water partition coefficient (Wildman–Crippen LogP) is 5.96. The topological polar surface area (TPSA) is 91.4 Å². The Balaban J connectivity index is 1.58. The number of benzene rings is 2. The van der Waals surface area contributed by atoms with Crippen molar-refractivity contribution in [3.8, 4) is 5.75 Å². The Morgan fingerprint density at radius 3 is 2.43 bits per heavy atom. The molecule has 2 aliphatic heterocycles. The summed E-state index contributed by atoms with van der Waals surface area (Å²) in [6, 6.07) is 7.53. The van der Waals surface area contributed by atoms with E-state index in [1.54, 1.807) is 19.1 Å². The van der Waals surface area contributed by atoms with Crippen LogP contribution < -0.4 is 9.22 Å². The van der Waals surface area contributed by atoms with Gasteiger partial charge < -0.3 is 18.9 Å². The maximum atomic E-state index is 14.3. The van der Waals surface area contributed by atoms with Crippen LogP contribution in [-0.2, 0) is 36.8 Å². The third-order valence-corrected chi connectivity index (χ3v) is 8.63. The van der Waals surface area contributed by atoms with Gasteiger partial charge in [-0.1, -0.05) is 29.8 Å². The predicted molar refractivity (Wildman–Crippen MR) is 166 cm³/mol. The lowest BCUT2D eigenvalue weighted by Gasteiger charge is -2.34. The molecule has 1 saturated heterocycles. The van der Waals surface area contributed by atoms with Gasteiger partial charge in [0.25, 0.3) is 0 Å². The smallest absolute Gasteiger partial charge is 0.496 e. The molecule has 46 heavy (non-hydrogen) atoms. The molecule has 0 radical (unpaired) electrons. The first-order valence-electron chi connectivity index (χ1n) is 15.4. The number of carbonyl (C=O) groups is 3. The highest BCUT2D eigenvalue weighted by Crippen LogP contribution is 2.49. The van der Waals surface area contributed by atoms with Gasteiger partial charge >= 0.3 is 24.0 Å². The van der Waals surface area contributed by atoms with Crippen molar-refractivity contribution < 1.29 is 46.5 Å². The number of rotatable bonds is 13. The van der Waals surface area contributed by atoms with E-state index in [1.165, 1.54) is 31.4 Å². The van der Waals surface area contributed by atoms with Crippen LogP contribution in [0.3, 0.4) is 0 Å². The Bertz CT molecular complexity index is 1450. The molecular weight excluding hydrogens is 605 g/mol. The second-order valence-corrected chi connectivity index (χ2v) is 11.7. The number of quaternary nitrogens is 1. The highest BCUT2D eigenvalue weighted by Gasteiger charge is 2.58. The van der Waals surface area contributed by atoms with E-state index in [0.29, 0.717) is 24.2 Å². The zero-order valence-corrected chi connectivity index (χ0v) is 26.8. The van der Waals surface area contributed by atoms with Crippen molar-refractivity contribution in [2.45, 2.75) is 58.7 Å². The first-order valence-corrected chi connectivity index (χ1v) is 15.4. The molecule has 1 fully saturated rings. The van der Waals surface area contributed by atoms with Gasteiger partial charge in [0.1, 0.15) is 23.6 Å². The van der Waals surface area contributed by atoms with Gasteiger partial charge in [0.15, 0.2) is 5.69 Å². The van der Waals surface area contributed by atoms with Crippen LogP contribution in [0.2, 0.25) is 0 Å². The summed E-state index contributed by atoms with van der Waals surface area (Å²) >= 11 is 0. The fourth-order valence-corrected chi connectivity index (χ4v) is 6.05. The van der Waals surface area contributed by atoms with E-state index in [0.717, 1.165) is 58.3 Å². The molecule has 0 aliphatic carbocycles. The van der Waals surface area contributed by atoms with Gasteiger partial charge in [-0.15, -0.1) is 0 Å². The number of nitrogens with zero attached hydrogens (tertiary/aromatic N) is 2. The molecule has 0 N–H and O–H groups in total. The summed E-state index contributed by atoms with van der Waals surface area (Å²) in [5.74, 6) is -2.94. The number of carbonyl (C=O) groups excluding carboxylic acids is 3. The lowest BCUT2D eigenvalue weighted by molar-refractivity contribution is -0.180. The second kappa shape index (κ2) is 15.2. The number of methoxy groups -OCH3 is 1. The standard InChI is InChI=1S/C34H42F3N2O7/c1-23(13-15-28(40)45-19-9-8-16-38-17-20-44-21-18-38)12-14-26-30(29-27(22-46-32(29)41)24(2)31(26)43-4)39(3,33(42)34(35,36)37)25-10-6-5-7-11-25/h5-7,10-12H,8-9,13-22H2,1-4H3/q+1/b23-12+. The molecule has 2 aliphatic rings. The summed E-state index contributed by atoms with van der Waals surface area (Å²) in [5.41, 5.74) is 1.77. The molecular formula is C34H42F3N2O7+. The molecule has 12 heteroatoms. The Labute approximate surface area is 267 Å². The average Bonchev–Trinajstić information content (AvgIpc) is 3.43. The summed E-state index contributed by atoms with van der Waals surface area (Å²) in [4.78, 5) is 41.2. The van der Waals surface area contributed by atoms with Crippen molar-refractivity contribution in [1.29, 1.82) is 0 Å². The summed E-state index contributed by atoms with van der Waals surface area (Å²) in [7, 11) is 2.53. The van der Waals surface area contributed by atoms with E-state index in [1.807, 2.05) is 6.92 Å². The lowest BCUT2D eigenvalue weighted by Crippen LogP contribution is -2.54. The highest BCUT2D eigenvalue weighted by atomic mass is 19.4. The number of esters is 2. The van der Waals surface area contributed by atoms with Crippen molar-refractivity contribution >= 4 is 29.2 Å². The molecule has 250 valence electrons. The number of para-hydroxylation sites is 1. The number of unbranched alkanes of at least 4 members (excludes halogenated alkanes) is 1. The maximum absolute atomic E-state index is 14.3. The van der Waals surface area contributed by atoms with Crippen LogP contribution in [0, 0.1) is 6.92 Å². The normalized spacial score (nSPS) is 16.8. The minimum atomic E-state index is -5.23. The van der Waals surface area contributed by atoms with Crippen LogP contribution in [0.1, 0.15) is 59.7 Å². The third kappa shape index (κ3) is 7.79. The summed E-state index contributed by atoms with van der Waals surface area (Å²) in [6.07, 6.45) is -1.25. The molecule has 9 nitrogen and oxygen atoms in total. The van der Waals surface area contributed by atoms with Gasteiger partial charge in [0.05, 0.1) is 39.5 Å². The molecule has 0 saturated carbocycles. The van der Waals surface area contributed by atoms with Crippen molar-refractivity contribution in [2.75, 3.05) is 53.6 Å². The van der Waals surface area contributed by atoms with E-state index in [-0.39, 0.29) is 53.7 Å². The Kier molecular flexibility index (Phi) is 11.6. The first-order chi connectivity index (χ1) is 21.9. The van der Waals surface area contributed by atoms with Gasteiger partial charge in [-0.25, -0.2) is 9.59 Å². The van der Waals surface area contributed by atoms with Crippen molar-refractivity contribution in [1.82, 2.24) is 9.38 Å². The molecule has 1 unspecified atom stereocenters. The molecule has 0 spiro atoms. The average molecular weight is 648 g/mol. The van der Waals surface area contributed by atoms with Gasteiger partial charge in [0, 0.05) is 43.6 Å². The van der Waals surface area contributed by atoms with Crippen molar-refractivity contribution in [3.63, 3.8) is 0 Å². The van der Waals surface area contributed by atoms with Gasteiger partial charge in [-0.3, -0.25) is 9.69 Å². The molecule has 0 aromatic heterocycles. The monoisotopic (exact) mass is 647 g/mol. The van der Waals surface area contributed by atoms with E-state index >= 15 is 0 Å². The Hall–Kier alpha value is -3.74. The van der Waals surface area contributed by atoms with Crippen LogP contribution in [0.25, 0.3) is 0 Å². The van der Waals surface area contributed by atoms with E-state index in [2.05, 4.69) is 4.90 Å². The second-order valence-electron chi connectivity index (χ2n) is 11.7. The van der Waals surface area contributed by atoms with E-state index in [9.17, 15) is 27.6 Å². The maximum Gasteiger partial charge on any atom is 0.510 e. The zero-order valence-electron chi connectivity index (χ0n) is 26.8. The third-order valence-electron chi connectivity index (χ3n) is 8.63. The van der Waals surface area contributed by atoms with E-state index < -0.39 is 22.5 Å². The molecule has 1 amide bonds. The number of fused-ring (bicyclic) bond motifs is 1. The molecule has 2 aromatic rings. The SMILES string of the molecule is COc1c(C)c2c(c([N+](C)(C(=O)C(F)(F)F)c3ccccc3)c1C/C=C(\C)CCC(=O)OCCCCN1CCOCC1)C(=O)OC2. The van der Waals surface area contributed by atoms with Crippen molar-refractivity contribution in [3.05, 3.63) is 64.2 Å². The van der Waals surface area contributed by atoms with Crippen LogP contribution in [-0.4, -0.2) is 82.5 Å². The number of allylic oxidation sites excluding steroid dienone is 2. The van der Waals surface area contributed by atoms with Crippen LogP contribution in [0.15, 0.2) is 42.0 Å². The quantitative estimate of drug-likeness (QED) is 0.114. The van der Waals surface area contributed by atoms with Crippen LogP contribution in [0.4, 0.5) is 24.5 Å². The number of hydrogen-bond acceptors (Lipinski definition) is 8. The number of hydrogen-bond donors (Lipinski definition) is 0. The van der Waals surface area contributed by atoms with Crippen molar-refractivity contribution in [2.24, 2.45) is 0 Å². The van der Waals surface area contributed by atoms with Crippen LogP contribution in [0.5, 0.6) is 5.75 Å². The molecule has 4 rings (SSSR count). The number of morpholine rings is 1. The highest BCUT2D eigenvalue weighted by molar-refractivity contribution is 6.08. The van der Waals surface area contributed by atoms with E-state index in [4.69, 9.17) is 18.9 Å². The van der Waals surface area contributed by atoms with Gasteiger partial charge in [-0.2, -0.15) is 17.7 Å². The number of ether oxygens (including phenoxy) is 4. The number of cyclic esters (lactones) is 1. The minimum absolute atomic E-state index is 0.0206.